The highest BCUT2D eigenvalue weighted by molar-refractivity contribution is 5.93. The maximum Gasteiger partial charge on any atom is 0.238 e. The second-order valence-electron chi connectivity index (χ2n) is 7.35. The van der Waals surface area contributed by atoms with Crippen molar-refractivity contribution in [3.8, 4) is 5.69 Å². The molecule has 0 aliphatic carbocycles. The van der Waals surface area contributed by atoms with Gasteiger partial charge in [-0.1, -0.05) is 62.4 Å². The summed E-state index contributed by atoms with van der Waals surface area (Å²) >= 11 is 0. The molecular weight excluding hydrogens is 348 g/mol. The van der Waals surface area contributed by atoms with Crippen molar-refractivity contribution in [2.75, 3.05) is 11.9 Å². The van der Waals surface area contributed by atoms with Gasteiger partial charge in [-0.25, -0.2) is 4.68 Å². The molecule has 28 heavy (non-hydrogen) atoms. The molecule has 0 bridgehead atoms. The van der Waals surface area contributed by atoms with Gasteiger partial charge < -0.3 is 10.6 Å². The lowest BCUT2D eigenvalue weighted by molar-refractivity contribution is -0.115. The Balaban J connectivity index is 1.69. The molecule has 0 unspecified atom stereocenters. The number of aryl methyl sites for hydroxylation is 1. The molecule has 1 amide bonds. The molecule has 5 heteroatoms. The molecule has 0 aliphatic heterocycles. The minimum Gasteiger partial charge on any atom is -0.322 e. The standard InChI is InChI=1S/C23H28N4O/c1-16(2)22(19-11-7-5-8-12-19)24-15-21(28)25-23-17(3)26-27(18(23)4)20-13-9-6-10-14-20/h5-14,16,22,24H,15H2,1-4H3,(H,25,28)/t22-/m1/s1. The molecule has 1 aromatic heterocycles. The molecule has 1 heterocycles. The van der Waals surface area contributed by atoms with Crippen LogP contribution in [0.3, 0.4) is 0 Å². The van der Waals surface area contributed by atoms with Crippen LogP contribution in [-0.4, -0.2) is 22.2 Å². The van der Waals surface area contributed by atoms with Gasteiger partial charge in [0.05, 0.1) is 29.3 Å². The first kappa shape index (κ1) is 19.8. The number of carbonyl (C=O) groups excluding carboxylic acids is 1. The molecule has 0 saturated heterocycles. The van der Waals surface area contributed by atoms with Gasteiger partial charge in [-0.05, 0) is 37.5 Å². The molecule has 146 valence electrons. The predicted octanol–water partition coefficient (Wildman–Crippen LogP) is 4.41. The summed E-state index contributed by atoms with van der Waals surface area (Å²) in [5.74, 6) is 0.305. The zero-order valence-electron chi connectivity index (χ0n) is 16.9. The molecule has 0 fully saturated rings. The molecular formula is C23H28N4O. The van der Waals surface area contributed by atoms with Crippen LogP contribution in [0.4, 0.5) is 5.69 Å². The van der Waals surface area contributed by atoms with Crippen LogP contribution in [0.2, 0.25) is 0 Å². The summed E-state index contributed by atoms with van der Waals surface area (Å²) in [6.45, 7) is 8.43. The lowest BCUT2D eigenvalue weighted by Crippen LogP contribution is -2.33. The number of amides is 1. The summed E-state index contributed by atoms with van der Waals surface area (Å²) in [7, 11) is 0. The maximum atomic E-state index is 12.6. The number of nitrogens with zero attached hydrogens (tertiary/aromatic N) is 2. The van der Waals surface area contributed by atoms with Gasteiger partial charge in [-0.15, -0.1) is 0 Å². The van der Waals surface area contributed by atoms with E-state index in [0.29, 0.717) is 5.92 Å². The van der Waals surface area contributed by atoms with Crippen LogP contribution < -0.4 is 10.6 Å². The van der Waals surface area contributed by atoms with Crippen molar-refractivity contribution in [2.45, 2.75) is 33.7 Å². The first-order chi connectivity index (χ1) is 13.5. The highest BCUT2D eigenvalue weighted by Gasteiger charge is 2.18. The Morgan fingerprint density at radius 1 is 1.00 bits per heavy atom. The van der Waals surface area contributed by atoms with E-state index in [1.54, 1.807) is 0 Å². The molecule has 5 nitrogen and oxygen atoms in total. The number of rotatable bonds is 7. The first-order valence-electron chi connectivity index (χ1n) is 9.67. The van der Waals surface area contributed by atoms with Crippen LogP contribution in [-0.2, 0) is 4.79 Å². The molecule has 1 atom stereocenters. The summed E-state index contributed by atoms with van der Waals surface area (Å²) in [6, 6.07) is 20.3. The fourth-order valence-electron chi connectivity index (χ4n) is 3.43. The van der Waals surface area contributed by atoms with E-state index in [0.717, 1.165) is 22.8 Å². The lowest BCUT2D eigenvalue weighted by atomic mass is 9.96. The number of carbonyl (C=O) groups is 1. The second kappa shape index (κ2) is 8.85. The van der Waals surface area contributed by atoms with E-state index in [4.69, 9.17) is 0 Å². The SMILES string of the molecule is Cc1nn(-c2ccccc2)c(C)c1NC(=O)CN[C@@H](c1ccccc1)C(C)C. The van der Waals surface area contributed by atoms with Crippen LogP contribution >= 0.6 is 0 Å². The molecule has 2 aromatic carbocycles. The van der Waals surface area contributed by atoms with Gasteiger partial charge in [0, 0.05) is 6.04 Å². The quantitative estimate of drug-likeness (QED) is 0.642. The number of para-hydroxylation sites is 1. The Morgan fingerprint density at radius 2 is 1.61 bits per heavy atom. The average Bonchev–Trinajstić information content (AvgIpc) is 2.97. The van der Waals surface area contributed by atoms with Crippen LogP contribution in [0.15, 0.2) is 60.7 Å². The van der Waals surface area contributed by atoms with Gasteiger partial charge >= 0.3 is 0 Å². The Morgan fingerprint density at radius 3 is 2.21 bits per heavy atom. The third-order valence-electron chi connectivity index (χ3n) is 4.86. The number of anilines is 1. The van der Waals surface area contributed by atoms with Crippen LogP contribution in [0.5, 0.6) is 0 Å². The zero-order chi connectivity index (χ0) is 20.1. The van der Waals surface area contributed by atoms with Crippen molar-refractivity contribution in [3.05, 3.63) is 77.6 Å². The highest BCUT2D eigenvalue weighted by Crippen LogP contribution is 2.23. The largest absolute Gasteiger partial charge is 0.322 e. The van der Waals surface area contributed by atoms with E-state index in [2.05, 4.69) is 41.7 Å². The van der Waals surface area contributed by atoms with Crippen molar-refractivity contribution in [2.24, 2.45) is 5.92 Å². The summed E-state index contributed by atoms with van der Waals surface area (Å²) in [6.07, 6.45) is 0. The van der Waals surface area contributed by atoms with Crippen molar-refractivity contribution in [1.29, 1.82) is 0 Å². The first-order valence-corrected chi connectivity index (χ1v) is 9.67. The molecule has 2 N–H and O–H groups in total. The second-order valence-corrected chi connectivity index (χ2v) is 7.35. The monoisotopic (exact) mass is 376 g/mol. The van der Waals surface area contributed by atoms with Gasteiger partial charge in [0.1, 0.15) is 0 Å². The highest BCUT2D eigenvalue weighted by atomic mass is 16.1. The summed E-state index contributed by atoms with van der Waals surface area (Å²) < 4.78 is 1.86. The zero-order valence-corrected chi connectivity index (χ0v) is 16.9. The van der Waals surface area contributed by atoms with Crippen molar-refractivity contribution >= 4 is 11.6 Å². The fraction of sp³-hybridized carbons (Fsp3) is 0.304. The van der Waals surface area contributed by atoms with Crippen molar-refractivity contribution in [1.82, 2.24) is 15.1 Å². The Hall–Kier alpha value is -2.92. The number of benzene rings is 2. The number of hydrogen-bond donors (Lipinski definition) is 2. The van der Waals surface area contributed by atoms with Crippen LogP contribution in [0, 0.1) is 19.8 Å². The molecule has 0 aliphatic rings. The van der Waals surface area contributed by atoms with Gasteiger partial charge in [-0.2, -0.15) is 5.10 Å². The Kier molecular flexibility index (Phi) is 6.26. The average molecular weight is 377 g/mol. The molecule has 0 saturated carbocycles. The number of hydrogen-bond acceptors (Lipinski definition) is 3. The summed E-state index contributed by atoms with van der Waals surface area (Å²) in [4.78, 5) is 12.6. The van der Waals surface area contributed by atoms with E-state index in [-0.39, 0.29) is 18.5 Å². The maximum absolute atomic E-state index is 12.6. The van der Waals surface area contributed by atoms with Gasteiger partial charge in [0.15, 0.2) is 0 Å². The van der Waals surface area contributed by atoms with Crippen LogP contribution in [0.1, 0.15) is 36.8 Å². The van der Waals surface area contributed by atoms with E-state index in [1.165, 1.54) is 5.56 Å². The fourth-order valence-corrected chi connectivity index (χ4v) is 3.43. The number of aromatic nitrogens is 2. The minimum atomic E-state index is -0.0691. The third kappa shape index (κ3) is 4.49. The van der Waals surface area contributed by atoms with Crippen molar-refractivity contribution < 1.29 is 4.79 Å². The minimum absolute atomic E-state index is 0.0691. The molecule has 0 radical (unpaired) electrons. The van der Waals surface area contributed by atoms with E-state index >= 15 is 0 Å². The Labute approximate surface area is 166 Å². The van der Waals surface area contributed by atoms with Gasteiger partial charge in [-0.3, -0.25) is 4.79 Å². The van der Waals surface area contributed by atoms with Crippen molar-refractivity contribution in [3.63, 3.8) is 0 Å². The molecule has 3 aromatic rings. The van der Waals surface area contributed by atoms with E-state index in [9.17, 15) is 4.79 Å². The molecule has 0 spiro atoms. The molecule has 3 rings (SSSR count). The Bertz CT molecular complexity index is 917. The van der Waals surface area contributed by atoms with Gasteiger partial charge in [0.2, 0.25) is 5.91 Å². The van der Waals surface area contributed by atoms with Gasteiger partial charge in [0.25, 0.3) is 0 Å². The smallest absolute Gasteiger partial charge is 0.238 e. The normalized spacial score (nSPS) is 12.2. The third-order valence-corrected chi connectivity index (χ3v) is 4.86. The van der Waals surface area contributed by atoms with E-state index in [1.807, 2.05) is 67.1 Å². The van der Waals surface area contributed by atoms with Crippen LogP contribution in [0.25, 0.3) is 5.69 Å². The topological polar surface area (TPSA) is 59.0 Å². The lowest BCUT2D eigenvalue weighted by Gasteiger charge is -2.22. The summed E-state index contributed by atoms with van der Waals surface area (Å²) in [5.41, 5.74) is 4.66. The number of nitrogens with one attached hydrogen (secondary N) is 2. The predicted molar refractivity (Wildman–Crippen MR) is 114 cm³/mol. The van der Waals surface area contributed by atoms with E-state index < -0.39 is 0 Å². The summed E-state index contributed by atoms with van der Waals surface area (Å²) in [5, 5.41) is 11.0.